The van der Waals surface area contributed by atoms with Crippen molar-refractivity contribution in [1.29, 1.82) is 0 Å². The minimum Gasteiger partial charge on any atom is -0.357 e. The SMILES string of the molecule is CCc1nn(C)cc1Nc1nc(Cl)nc(NC)n1. The van der Waals surface area contributed by atoms with Crippen molar-refractivity contribution in [2.24, 2.45) is 7.05 Å². The number of rotatable bonds is 4. The van der Waals surface area contributed by atoms with Crippen molar-refractivity contribution < 1.29 is 0 Å². The van der Waals surface area contributed by atoms with E-state index >= 15 is 0 Å². The summed E-state index contributed by atoms with van der Waals surface area (Å²) in [6, 6.07) is 0. The van der Waals surface area contributed by atoms with E-state index < -0.39 is 0 Å². The first-order chi connectivity index (χ1) is 8.62. The second kappa shape index (κ2) is 5.18. The Bertz CT molecular complexity index is 551. The molecule has 0 unspecified atom stereocenters. The molecule has 0 atom stereocenters. The summed E-state index contributed by atoms with van der Waals surface area (Å²) >= 11 is 5.81. The lowest BCUT2D eigenvalue weighted by Crippen LogP contribution is -2.04. The van der Waals surface area contributed by atoms with E-state index in [1.807, 2.05) is 20.2 Å². The van der Waals surface area contributed by atoms with E-state index in [2.05, 4.69) is 30.7 Å². The predicted molar refractivity (Wildman–Crippen MR) is 70.3 cm³/mol. The molecule has 0 aliphatic carbocycles. The number of anilines is 3. The average Bonchev–Trinajstić information content (AvgIpc) is 2.68. The van der Waals surface area contributed by atoms with Crippen LogP contribution in [0.5, 0.6) is 0 Å². The van der Waals surface area contributed by atoms with Crippen LogP contribution in [0, 0.1) is 0 Å². The van der Waals surface area contributed by atoms with Gasteiger partial charge in [0.25, 0.3) is 0 Å². The summed E-state index contributed by atoms with van der Waals surface area (Å²) in [4.78, 5) is 12.1. The highest BCUT2D eigenvalue weighted by atomic mass is 35.5. The normalized spacial score (nSPS) is 10.4. The van der Waals surface area contributed by atoms with Crippen LogP contribution in [-0.4, -0.2) is 31.8 Å². The molecule has 2 aromatic rings. The van der Waals surface area contributed by atoms with Gasteiger partial charge < -0.3 is 10.6 Å². The molecule has 18 heavy (non-hydrogen) atoms. The van der Waals surface area contributed by atoms with Crippen molar-refractivity contribution >= 4 is 29.2 Å². The molecule has 0 saturated carbocycles. The van der Waals surface area contributed by atoms with E-state index in [0.717, 1.165) is 17.8 Å². The van der Waals surface area contributed by atoms with Gasteiger partial charge in [0.1, 0.15) is 0 Å². The molecule has 0 fully saturated rings. The lowest BCUT2D eigenvalue weighted by Gasteiger charge is -2.05. The molecular formula is C10H14ClN7. The zero-order valence-electron chi connectivity index (χ0n) is 10.4. The number of nitrogens with one attached hydrogen (secondary N) is 2. The molecular weight excluding hydrogens is 254 g/mol. The monoisotopic (exact) mass is 267 g/mol. The third-order valence-corrected chi connectivity index (χ3v) is 2.49. The Labute approximate surface area is 110 Å². The molecule has 0 radical (unpaired) electrons. The van der Waals surface area contributed by atoms with Crippen LogP contribution in [0.25, 0.3) is 0 Å². The van der Waals surface area contributed by atoms with Crippen LogP contribution in [0.1, 0.15) is 12.6 Å². The molecule has 0 spiro atoms. The van der Waals surface area contributed by atoms with Gasteiger partial charge in [-0.15, -0.1) is 0 Å². The summed E-state index contributed by atoms with van der Waals surface area (Å²) in [5.41, 5.74) is 1.81. The number of halogens is 1. The zero-order chi connectivity index (χ0) is 13.1. The Morgan fingerprint density at radius 3 is 2.67 bits per heavy atom. The molecule has 2 aromatic heterocycles. The lowest BCUT2D eigenvalue weighted by atomic mass is 10.3. The molecule has 7 nitrogen and oxygen atoms in total. The number of aryl methyl sites for hydroxylation is 2. The van der Waals surface area contributed by atoms with Gasteiger partial charge in [0, 0.05) is 20.3 Å². The van der Waals surface area contributed by atoms with Crippen molar-refractivity contribution in [2.75, 3.05) is 17.7 Å². The van der Waals surface area contributed by atoms with E-state index in [9.17, 15) is 0 Å². The van der Waals surface area contributed by atoms with Crippen LogP contribution < -0.4 is 10.6 Å². The van der Waals surface area contributed by atoms with Gasteiger partial charge in [-0.25, -0.2) is 0 Å². The first kappa shape index (κ1) is 12.6. The topological polar surface area (TPSA) is 80.5 Å². The molecule has 8 heteroatoms. The number of nitrogens with zero attached hydrogens (tertiary/aromatic N) is 5. The molecule has 2 rings (SSSR count). The third kappa shape index (κ3) is 2.67. The maximum Gasteiger partial charge on any atom is 0.233 e. The quantitative estimate of drug-likeness (QED) is 0.876. The maximum absolute atomic E-state index is 5.81. The number of hydrogen-bond acceptors (Lipinski definition) is 6. The second-order valence-corrected chi connectivity index (χ2v) is 3.98. The lowest BCUT2D eigenvalue weighted by molar-refractivity contribution is 0.746. The molecule has 0 aliphatic rings. The van der Waals surface area contributed by atoms with Gasteiger partial charge >= 0.3 is 0 Å². The average molecular weight is 268 g/mol. The molecule has 0 amide bonds. The Balaban J connectivity index is 2.30. The fourth-order valence-electron chi connectivity index (χ4n) is 1.54. The first-order valence-electron chi connectivity index (χ1n) is 5.51. The summed E-state index contributed by atoms with van der Waals surface area (Å²) < 4.78 is 1.74. The summed E-state index contributed by atoms with van der Waals surface area (Å²) in [6.45, 7) is 2.03. The van der Waals surface area contributed by atoms with E-state index in [4.69, 9.17) is 11.6 Å². The van der Waals surface area contributed by atoms with Gasteiger partial charge in [0.2, 0.25) is 17.2 Å². The number of aromatic nitrogens is 5. The minimum atomic E-state index is 0.138. The number of hydrogen-bond donors (Lipinski definition) is 2. The Hall–Kier alpha value is -1.89. The van der Waals surface area contributed by atoms with Gasteiger partial charge in [0.15, 0.2) is 0 Å². The van der Waals surface area contributed by atoms with E-state index in [1.54, 1.807) is 11.7 Å². The van der Waals surface area contributed by atoms with E-state index in [-0.39, 0.29) is 5.28 Å². The van der Waals surface area contributed by atoms with Crippen molar-refractivity contribution in [2.45, 2.75) is 13.3 Å². The van der Waals surface area contributed by atoms with E-state index in [1.165, 1.54) is 0 Å². The zero-order valence-corrected chi connectivity index (χ0v) is 11.2. The van der Waals surface area contributed by atoms with Crippen molar-refractivity contribution in [1.82, 2.24) is 24.7 Å². The highest BCUT2D eigenvalue weighted by Crippen LogP contribution is 2.19. The summed E-state index contributed by atoms with van der Waals surface area (Å²) in [5, 5.41) is 10.4. The molecule has 2 heterocycles. The molecule has 2 N–H and O–H groups in total. The molecule has 96 valence electrons. The van der Waals surface area contributed by atoms with Crippen LogP contribution in [0.15, 0.2) is 6.20 Å². The molecule has 0 aromatic carbocycles. The molecule has 0 bridgehead atoms. The smallest absolute Gasteiger partial charge is 0.233 e. The van der Waals surface area contributed by atoms with E-state index in [0.29, 0.717) is 11.9 Å². The Kier molecular flexibility index (Phi) is 3.61. The highest BCUT2D eigenvalue weighted by molar-refractivity contribution is 6.28. The molecule has 0 saturated heterocycles. The fraction of sp³-hybridized carbons (Fsp3) is 0.400. The van der Waals surface area contributed by atoms with Crippen molar-refractivity contribution in [3.8, 4) is 0 Å². The van der Waals surface area contributed by atoms with Gasteiger partial charge in [-0.05, 0) is 18.0 Å². The van der Waals surface area contributed by atoms with Crippen molar-refractivity contribution in [3.63, 3.8) is 0 Å². The third-order valence-electron chi connectivity index (χ3n) is 2.32. The van der Waals surface area contributed by atoms with Crippen molar-refractivity contribution in [3.05, 3.63) is 17.2 Å². The first-order valence-corrected chi connectivity index (χ1v) is 5.89. The minimum absolute atomic E-state index is 0.138. The Morgan fingerprint density at radius 1 is 1.28 bits per heavy atom. The Morgan fingerprint density at radius 2 is 2.00 bits per heavy atom. The van der Waals surface area contributed by atoms with Gasteiger partial charge in [-0.2, -0.15) is 20.1 Å². The van der Waals surface area contributed by atoms with Crippen LogP contribution in [0.3, 0.4) is 0 Å². The van der Waals surface area contributed by atoms with Gasteiger partial charge in [0.05, 0.1) is 11.4 Å². The predicted octanol–water partition coefficient (Wildman–Crippen LogP) is 1.61. The van der Waals surface area contributed by atoms with Gasteiger partial charge in [-0.1, -0.05) is 6.92 Å². The van der Waals surface area contributed by atoms with Crippen LogP contribution in [-0.2, 0) is 13.5 Å². The molecule has 0 aliphatic heterocycles. The fourth-order valence-corrected chi connectivity index (χ4v) is 1.70. The largest absolute Gasteiger partial charge is 0.357 e. The van der Waals surface area contributed by atoms with Crippen LogP contribution in [0.4, 0.5) is 17.6 Å². The maximum atomic E-state index is 5.81. The van der Waals surface area contributed by atoms with Gasteiger partial charge in [-0.3, -0.25) is 4.68 Å². The second-order valence-electron chi connectivity index (χ2n) is 3.64. The van der Waals surface area contributed by atoms with Crippen LogP contribution in [0.2, 0.25) is 5.28 Å². The highest BCUT2D eigenvalue weighted by Gasteiger charge is 2.09. The summed E-state index contributed by atoms with van der Waals surface area (Å²) in [5.74, 6) is 0.807. The summed E-state index contributed by atoms with van der Waals surface area (Å²) in [6.07, 6.45) is 2.69. The summed E-state index contributed by atoms with van der Waals surface area (Å²) in [7, 11) is 3.58. The van der Waals surface area contributed by atoms with Crippen LogP contribution >= 0.6 is 11.6 Å². The standard InChI is InChI=1S/C10H14ClN7/c1-4-6-7(5-18(3)17-6)13-10-15-8(11)14-9(12-2)16-10/h5H,4H2,1-3H3,(H2,12,13,14,15,16).